The molecular weight excluding hydrogens is 499 g/mol. The van der Waals surface area contributed by atoms with Gasteiger partial charge in [-0.2, -0.15) is 10.2 Å². The molecule has 1 aliphatic carbocycles. The maximum absolute atomic E-state index is 14.0. The number of nitrogens with one attached hydrogen (secondary N) is 3. The topological polar surface area (TPSA) is 114 Å². The number of H-pyrrole nitrogens is 1. The quantitative estimate of drug-likeness (QED) is 0.331. The number of aromatic nitrogens is 4. The van der Waals surface area contributed by atoms with Crippen molar-refractivity contribution in [3.8, 4) is 16.9 Å². The highest BCUT2D eigenvalue weighted by atomic mass is 19.1. The minimum absolute atomic E-state index is 0.112. The number of benzene rings is 2. The number of hydrogen-bond acceptors (Lipinski definition) is 5. The molecule has 3 heterocycles. The Morgan fingerprint density at radius 3 is 2.51 bits per heavy atom. The van der Waals surface area contributed by atoms with Crippen LogP contribution in [0.3, 0.4) is 0 Å². The molecule has 1 saturated carbocycles. The zero-order chi connectivity index (χ0) is 27.3. The average Bonchev–Trinajstić information content (AvgIpc) is 3.42. The third-order valence-corrected chi connectivity index (χ3v) is 7.43. The van der Waals surface area contributed by atoms with Crippen molar-refractivity contribution in [3.05, 3.63) is 88.9 Å². The van der Waals surface area contributed by atoms with E-state index in [4.69, 9.17) is 4.74 Å². The van der Waals surface area contributed by atoms with Crippen LogP contribution in [0.5, 0.6) is 5.75 Å². The Kier molecular flexibility index (Phi) is 5.82. The first-order valence-electron chi connectivity index (χ1n) is 12.7. The highest BCUT2D eigenvalue weighted by molar-refractivity contribution is 6.13. The van der Waals surface area contributed by atoms with Crippen LogP contribution in [0.2, 0.25) is 0 Å². The molecule has 2 aromatic heterocycles. The number of aromatic amines is 1. The van der Waals surface area contributed by atoms with E-state index in [1.54, 1.807) is 19.2 Å². The maximum Gasteiger partial charge on any atom is 0.274 e. The van der Waals surface area contributed by atoms with E-state index < -0.39 is 23.0 Å². The van der Waals surface area contributed by atoms with Crippen LogP contribution in [-0.2, 0) is 11.8 Å². The van der Waals surface area contributed by atoms with Crippen molar-refractivity contribution in [2.75, 3.05) is 11.9 Å². The fourth-order valence-electron chi connectivity index (χ4n) is 5.24. The fourth-order valence-corrected chi connectivity index (χ4v) is 5.24. The number of fused-ring (bicyclic) bond motifs is 1. The first-order chi connectivity index (χ1) is 18.8. The monoisotopic (exact) mass is 526 g/mol. The molecule has 39 heavy (non-hydrogen) atoms. The van der Waals surface area contributed by atoms with Crippen molar-refractivity contribution in [2.45, 2.75) is 26.7 Å². The number of rotatable bonds is 5. The predicted molar refractivity (Wildman–Crippen MR) is 143 cm³/mol. The normalized spacial score (nSPS) is 16.3. The molecule has 10 heteroatoms. The molecule has 0 radical (unpaired) electrons. The third kappa shape index (κ3) is 4.37. The van der Waals surface area contributed by atoms with Gasteiger partial charge >= 0.3 is 0 Å². The SMILES string of the molecule is Cc1n[nH]c(C)c1-c1ccc(NC(=O)/C(NC(=O)c2ccnn2C)=C2\c3ccc(F)cc3OCC23CC3)cc1. The first kappa shape index (κ1) is 24.6. The van der Waals surface area contributed by atoms with Crippen molar-refractivity contribution in [1.82, 2.24) is 25.3 Å². The van der Waals surface area contributed by atoms with Gasteiger partial charge in [0.2, 0.25) is 0 Å². The number of nitrogens with zero attached hydrogens (tertiary/aromatic N) is 3. The molecular formula is C29H27FN6O3. The summed E-state index contributed by atoms with van der Waals surface area (Å²) in [5.74, 6) is -1.04. The van der Waals surface area contributed by atoms with Gasteiger partial charge in [0.05, 0.1) is 12.3 Å². The second-order valence-electron chi connectivity index (χ2n) is 10.1. The van der Waals surface area contributed by atoms with E-state index in [0.29, 0.717) is 34.9 Å². The van der Waals surface area contributed by atoms with Gasteiger partial charge < -0.3 is 15.4 Å². The largest absolute Gasteiger partial charge is 0.492 e. The van der Waals surface area contributed by atoms with Crippen molar-refractivity contribution >= 4 is 23.1 Å². The Bertz CT molecular complexity index is 1630. The Labute approximate surface area is 224 Å². The van der Waals surface area contributed by atoms with Gasteiger partial charge in [0, 0.05) is 52.8 Å². The van der Waals surface area contributed by atoms with Crippen molar-refractivity contribution in [1.29, 1.82) is 0 Å². The summed E-state index contributed by atoms with van der Waals surface area (Å²) in [6, 6.07) is 13.3. The Balaban J connectivity index is 1.39. The Morgan fingerprint density at radius 1 is 1.10 bits per heavy atom. The zero-order valence-electron chi connectivity index (χ0n) is 21.8. The molecule has 1 aliphatic heterocycles. The number of amides is 2. The number of carbonyl (C=O) groups is 2. The van der Waals surface area contributed by atoms with Gasteiger partial charge in [0.1, 0.15) is 23.0 Å². The number of hydrogen-bond donors (Lipinski definition) is 3. The summed E-state index contributed by atoms with van der Waals surface area (Å²) in [5.41, 5.74) is 5.61. The van der Waals surface area contributed by atoms with E-state index in [-0.39, 0.29) is 5.70 Å². The van der Waals surface area contributed by atoms with Crippen molar-refractivity contribution < 1.29 is 18.7 Å². The summed E-state index contributed by atoms with van der Waals surface area (Å²) in [7, 11) is 1.65. The first-order valence-corrected chi connectivity index (χ1v) is 12.7. The fraction of sp³-hybridized carbons (Fsp3) is 0.241. The highest BCUT2D eigenvalue weighted by Crippen LogP contribution is 2.60. The molecule has 9 nitrogen and oxygen atoms in total. The molecule has 2 aliphatic rings. The van der Waals surface area contributed by atoms with Gasteiger partial charge in [0.15, 0.2) is 0 Å². The molecule has 6 rings (SSSR count). The molecule has 1 spiro atoms. The minimum atomic E-state index is -0.479. The summed E-state index contributed by atoms with van der Waals surface area (Å²) in [4.78, 5) is 27.2. The second-order valence-corrected chi connectivity index (χ2v) is 10.1. The summed E-state index contributed by atoms with van der Waals surface area (Å²) in [6.45, 7) is 4.19. The second kappa shape index (κ2) is 9.23. The highest BCUT2D eigenvalue weighted by Gasteiger charge is 2.52. The Hall–Kier alpha value is -4.73. The molecule has 0 bridgehead atoms. The van der Waals surface area contributed by atoms with Gasteiger partial charge in [-0.3, -0.25) is 19.4 Å². The van der Waals surface area contributed by atoms with Gasteiger partial charge in [-0.15, -0.1) is 0 Å². The van der Waals surface area contributed by atoms with E-state index in [1.807, 2.05) is 38.1 Å². The third-order valence-electron chi connectivity index (χ3n) is 7.43. The van der Waals surface area contributed by atoms with Crippen LogP contribution in [0.25, 0.3) is 16.7 Å². The maximum atomic E-state index is 14.0. The summed E-state index contributed by atoms with van der Waals surface area (Å²) in [5, 5.41) is 17.1. The van der Waals surface area contributed by atoms with Crippen LogP contribution in [-0.4, -0.2) is 38.4 Å². The zero-order valence-corrected chi connectivity index (χ0v) is 21.8. The van der Waals surface area contributed by atoms with Gasteiger partial charge in [-0.25, -0.2) is 4.39 Å². The molecule has 0 unspecified atom stereocenters. The van der Waals surface area contributed by atoms with Crippen molar-refractivity contribution in [3.63, 3.8) is 0 Å². The van der Waals surface area contributed by atoms with Crippen LogP contribution in [0.15, 0.2) is 60.4 Å². The molecule has 1 fully saturated rings. The van der Waals surface area contributed by atoms with Gasteiger partial charge in [-0.1, -0.05) is 12.1 Å². The predicted octanol–water partition coefficient (Wildman–Crippen LogP) is 4.52. The standard InChI is InChI=1S/C29H27FN6O3/c1-16-24(17(2)35-34-16)18-4-7-20(8-5-18)32-28(38)26(33-27(37)22-10-13-31-36(22)3)25-21-9-6-19(30)14-23(21)39-15-29(25)11-12-29/h4-10,13-14H,11-12,15H2,1-3H3,(H,32,38)(H,33,37)(H,34,35)/b26-25-. The summed E-state index contributed by atoms with van der Waals surface area (Å²) in [6.07, 6.45) is 3.09. The lowest BCUT2D eigenvalue weighted by Crippen LogP contribution is -2.36. The lowest BCUT2D eigenvalue weighted by molar-refractivity contribution is -0.113. The van der Waals surface area contributed by atoms with Crippen LogP contribution >= 0.6 is 0 Å². The number of halogens is 1. The lowest BCUT2D eigenvalue weighted by Gasteiger charge is -2.30. The van der Waals surface area contributed by atoms with Crippen molar-refractivity contribution in [2.24, 2.45) is 12.5 Å². The average molecular weight is 527 g/mol. The number of aryl methyl sites for hydroxylation is 3. The van der Waals surface area contributed by atoms with Gasteiger partial charge in [0.25, 0.3) is 11.8 Å². The lowest BCUT2D eigenvalue weighted by atomic mass is 9.85. The number of anilines is 1. The molecule has 4 aromatic rings. The van der Waals surface area contributed by atoms with E-state index in [9.17, 15) is 14.0 Å². The molecule has 0 atom stereocenters. The molecule has 0 saturated heterocycles. The molecule has 198 valence electrons. The van der Waals surface area contributed by atoms with E-state index in [2.05, 4.69) is 25.9 Å². The summed E-state index contributed by atoms with van der Waals surface area (Å²) >= 11 is 0. The number of carbonyl (C=O) groups excluding carboxylic acids is 2. The minimum Gasteiger partial charge on any atom is -0.492 e. The van der Waals surface area contributed by atoms with Gasteiger partial charge in [-0.05, 0) is 62.6 Å². The summed E-state index contributed by atoms with van der Waals surface area (Å²) < 4.78 is 21.4. The smallest absolute Gasteiger partial charge is 0.274 e. The van der Waals surface area contributed by atoms with Crippen LogP contribution in [0, 0.1) is 25.1 Å². The molecule has 2 amide bonds. The molecule has 3 N–H and O–H groups in total. The Morgan fingerprint density at radius 2 is 1.87 bits per heavy atom. The van der Waals surface area contributed by atoms with Crippen LogP contribution in [0.1, 0.15) is 40.3 Å². The van der Waals surface area contributed by atoms with Crippen LogP contribution in [0.4, 0.5) is 10.1 Å². The van der Waals surface area contributed by atoms with E-state index in [1.165, 1.54) is 23.0 Å². The van der Waals surface area contributed by atoms with E-state index >= 15 is 0 Å². The number of ether oxygens (including phenoxy) is 1. The van der Waals surface area contributed by atoms with E-state index in [0.717, 1.165) is 35.4 Å². The van der Waals surface area contributed by atoms with Crippen LogP contribution < -0.4 is 15.4 Å². The molecule has 2 aromatic carbocycles.